The van der Waals surface area contributed by atoms with Crippen LogP contribution in [0.25, 0.3) is 0 Å². The number of rotatable bonds is 5. The molecule has 0 fully saturated rings. The van der Waals surface area contributed by atoms with Gasteiger partial charge >= 0.3 is 0 Å². The van der Waals surface area contributed by atoms with E-state index in [4.69, 9.17) is 16.2 Å². The molecule has 2 aromatic rings. The fraction of sp³-hybridized carbons (Fsp3) is 0.133. The maximum atomic E-state index is 13.8. The number of amides is 1. The van der Waals surface area contributed by atoms with Crippen molar-refractivity contribution < 1.29 is 13.9 Å². The summed E-state index contributed by atoms with van der Waals surface area (Å²) in [5.74, 6) is 0.0347. The first-order valence-electron chi connectivity index (χ1n) is 6.16. The highest BCUT2D eigenvalue weighted by atomic mass is 32.2. The molecule has 1 amide bonds. The van der Waals surface area contributed by atoms with Crippen molar-refractivity contribution in [3.05, 3.63) is 53.3 Å². The van der Waals surface area contributed by atoms with E-state index in [1.165, 1.54) is 30.0 Å². The van der Waals surface area contributed by atoms with Crippen molar-refractivity contribution in [2.75, 3.05) is 12.8 Å². The molecule has 0 aliphatic carbocycles. The molecule has 0 spiro atoms. The monoisotopic (exact) mass is 306 g/mol. The fourth-order valence-electron chi connectivity index (χ4n) is 1.80. The first kappa shape index (κ1) is 15.2. The van der Waals surface area contributed by atoms with Crippen molar-refractivity contribution in [3.63, 3.8) is 0 Å². The molecule has 0 aliphatic heterocycles. The summed E-state index contributed by atoms with van der Waals surface area (Å²) in [5.41, 5.74) is 12.2. The van der Waals surface area contributed by atoms with E-state index < -0.39 is 5.91 Å². The Kier molecular flexibility index (Phi) is 4.70. The summed E-state index contributed by atoms with van der Waals surface area (Å²) in [5, 5.41) is 0. The van der Waals surface area contributed by atoms with Gasteiger partial charge in [0.1, 0.15) is 11.6 Å². The van der Waals surface area contributed by atoms with Crippen molar-refractivity contribution in [3.8, 4) is 5.75 Å². The average molecular weight is 306 g/mol. The van der Waals surface area contributed by atoms with E-state index in [0.29, 0.717) is 22.8 Å². The van der Waals surface area contributed by atoms with E-state index in [9.17, 15) is 9.18 Å². The van der Waals surface area contributed by atoms with Gasteiger partial charge in [-0.05, 0) is 35.9 Å². The molecule has 0 unspecified atom stereocenters. The molecule has 6 heteroatoms. The number of hydrogen-bond donors (Lipinski definition) is 2. The molecule has 2 rings (SSSR count). The highest BCUT2D eigenvalue weighted by molar-refractivity contribution is 7.98. The molecule has 0 aromatic heterocycles. The van der Waals surface area contributed by atoms with Crippen LogP contribution in [-0.2, 0) is 5.75 Å². The Labute approximate surface area is 126 Å². The van der Waals surface area contributed by atoms with Crippen LogP contribution in [0.15, 0.2) is 41.3 Å². The fourth-order valence-corrected chi connectivity index (χ4v) is 2.78. The van der Waals surface area contributed by atoms with Gasteiger partial charge in [-0.2, -0.15) is 0 Å². The predicted molar refractivity (Wildman–Crippen MR) is 81.9 cm³/mol. The Hall–Kier alpha value is -2.21. The number of thioether (sulfide) groups is 1. The molecular weight excluding hydrogens is 291 g/mol. The second-order valence-corrected chi connectivity index (χ2v) is 5.39. The number of nitrogens with two attached hydrogens (primary N) is 2. The third-order valence-corrected chi connectivity index (χ3v) is 4.00. The lowest BCUT2D eigenvalue weighted by atomic mass is 10.1. The highest BCUT2D eigenvalue weighted by Gasteiger charge is 2.10. The van der Waals surface area contributed by atoms with Gasteiger partial charge in [-0.3, -0.25) is 4.79 Å². The molecule has 0 heterocycles. The maximum absolute atomic E-state index is 13.8. The summed E-state index contributed by atoms with van der Waals surface area (Å²) in [7, 11) is 1.55. The maximum Gasteiger partial charge on any atom is 0.248 e. The zero-order valence-corrected chi connectivity index (χ0v) is 12.2. The summed E-state index contributed by atoms with van der Waals surface area (Å²) in [6.07, 6.45) is 0. The van der Waals surface area contributed by atoms with Crippen molar-refractivity contribution in [2.45, 2.75) is 10.6 Å². The minimum Gasteiger partial charge on any atom is -0.496 e. The molecule has 4 N–H and O–H groups in total. The molecular formula is C15H15FN2O2S. The number of anilines is 1. The van der Waals surface area contributed by atoms with E-state index >= 15 is 0 Å². The highest BCUT2D eigenvalue weighted by Crippen LogP contribution is 2.33. The standard InChI is InChI=1S/C15H15FN2O2S/c1-20-13-7-11(17)3-5-14(13)21-8-10-6-9(15(18)19)2-4-12(10)16/h2-7H,8,17H2,1H3,(H2,18,19). The summed E-state index contributed by atoms with van der Waals surface area (Å²) in [6.45, 7) is 0. The van der Waals surface area contributed by atoms with Crippen molar-refractivity contribution in [1.29, 1.82) is 0 Å². The Morgan fingerprint density at radius 3 is 2.71 bits per heavy atom. The van der Waals surface area contributed by atoms with Crippen LogP contribution in [0.4, 0.5) is 10.1 Å². The number of primary amides is 1. The van der Waals surface area contributed by atoms with Crippen molar-refractivity contribution in [2.24, 2.45) is 5.73 Å². The Morgan fingerprint density at radius 2 is 2.05 bits per heavy atom. The van der Waals surface area contributed by atoms with E-state index in [1.54, 1.807) is 19.2 Å². The number of ether oxygens (including phenoxy) is 1. The number of methoxy groups -OCH3 is 1. The first-order chi connectivity index (χ1) is 10.0. The smallest absolute Gasteiger partial charge is 0.248 e. The Balaban J connectivity index is 2.20. The number of carbonyl (C=O) groups is 1. The molecule has 110 valence electrons. The lowest BCUT2D eigenvalue weighted by Gasteiger charge is -2.10. The first-order valence-corrected chi connectivity index (χ1v) is 7.14. The summed E-state index contributed by atoms with van der Waals surface area (Å²) in [6, 6.07) is 9.36. The van der Waals surface area contributed by atoms with Crippen LogP contribution in [0.3, 0.4) is 0 Å². The predicted octanol–water partition coefficient (Wildman–Crippen LogP) is 2.81. The molecule has 21 heavy (non-hydrogen) atoms. The van der Waals surface area contributed by atoms with Gasteiger partial charge in [-0.25, -0.2) is 4.39 Å². The summed E-state index contributed by atoms with van der Waals surface area (Å²) >= 11 is 1.40. The molecule has 0 radical (unpaired) electrons. The van der Waals surface area contributed by atoms with Gasteiger partial charge in [-0.1, -0.05) is 0 Å². The normalized spacial score (nSPS) is 10.4. The number of nitrogen functional groups attached to an aromatic ring is 1. The lowest BCUT2D eigenvalue weighted by Crippen LogP contribution is -2.11. The summed E-state index contributed by atoms with van der Waals surface area (Å²) in [4.78, 5) is 12.0. The van der Waals surface area contributed by atoms with E-state index in [2.05, 4.69) is 0 Å². The zero-order chi connectivity index (χ0) is 15.4. The number of carbonyl (C=O) groups excluding carboxylic acids is 1. The van der Waals surface area contributed by atoms with Crippen molar-refractivity contribution >= 4 is 23.4 Å². The van der Waals surface area contributed by atoms with Gasteiger partial charge in [-0.15, -0.1) is 11.8 Å². The minimum absolute atomic E-state index is 0.288. The minimum atomic E-state index is -0.577. The van der Waals surface area contributed by atoms with E-state index in [1.807, 2.05) is 6.07 Å². The quantitative estimate of drug-likeness (QED) is 0.657. The van der Waals surface area contributed by atoms with Crippen LogP contribution >= 0.6 is 11.8 Å². The lowest BCUT2D eigenvalue weighted by molar-refractivity contribution is 0.1000. The molecule has 2 aromatic carbocycles. The topological polar surface area (TPSA) is 78.3 Å². The van der Waals surface area contributed by atoms with Gasteiger partial charge in [0.15, 0.2) is 0 Å². The SMILES string of the molecule is COc1cc(N)ccc1SCc1cc(C(N)=O)ccc1F. The van der Waals surface area contributed by atoms with Gasteiger partial charge < -0.3 is 16.2 Å². The third-order valence-electron chi connectivity index (χ3n) is 2.90. The van der Waals surface area contributed by atoms with Gasteiger partial charge in [0.25, 0.3) is 0 Å². The molecule has 0 atom stereocenters. The number of halogens is 1. The van der Waals surface area contributed by atoms with Crippen molar-refractivity contribution in [1.82, 2.24) is 0 Å². The molecule has 0 saturated heterocycles. The average Bonchev–Trinajstić information content (AvgIpc) is 2.47. The van der Waals surface area contributed by atoms with E-state index in [-0.39, 0.29) is 11.4 Å². The Bertz CT molecular complexity index is 677. The van der Waals surface area contributed by atoms with Crippen LogP contribution in [0.5, 0.6) is 5.75 Å². The Morgan fingerprint density at radius 1 is 1.29 bits per heavy atom. The van der Waals surface area contributed by atoms with Crippen LogP contribution in [0.1, 0.15) is 15.9 Å². The van der Waals surface area contributed by atoms with Crippen LogP contribution in [0, 0.1) is 5.82 Å². The van der Waals surface area contributed by atoms with Gasteiger partial charge in [0, 0.05) is 28.0 Å². The van der Waals surface area contributed by atoms with E-state index in [0.717, 1.165) is 4.90 Å². The second kappa shape index (κ2) is 6.49. The number of benzene rings is 2. The molecule has 0 saturated carbocycles. The molecule has 0 aliphatic rings. The zero-order valence-electron chi connectivity index (χ0n) is 11.4. The molecule has 0 bridgehead atoms. The number of hydrogen-bond acceptors (Lipinski definition) is 4. The van der Waals surface area contributed by atoms with Crippen LogP contribution in [0.2, 0.25) is 0 Å². The van der Waals surface area contributed by atoms with Crippen LogP contribution in [-0.4, -0.2) is 13.0 Å². The van der Waals surface area contributed by atoms with Crippen LogP contribution < -0.4 is 16.2 Å². The summed E-state index contributed by atoms with van der Waals surface area (Å²) < 4.78 is 19.0. The third kappa shape index (κ3) is 3.66. The largest absolute Gasteiger partial charge is 0.496 e. The van der Waals surface area contributed by atoms with Gasteiger partial charge in [0.05, 0.1) is 7.11 Å². The molecule has 4 nitrogen and oxygen atoms in total. The second-order valence-electron chi connectivity index (χ2n) is 4.37. The van der Waals surface area contributed by atoms with Gasteiger partial charge in [0.2, 0.25) is 5.91 Å².